The minimum Gasteiger partial charge on any atom is -0.305 e. The van der Waals surface area contributed by atoms with Gasteiger partial charge in [-0.15, -0.1) is 11.3 Å². The van der Waals surface area contributed by atoms with Crippen molar-refractivity contribution in [1.29, 1.82) is 0 Å². The van der Waals surface area contributed by atoms with Crippen LogP contribution in [0.1, 0.15) is 23.4 Å². The number of benzene rings is 1. The third kappa shape index (κ3) is 2.82. The topological polar surface area (TPSA) is 24.9 Å². The standard InChI is InChI=1S/C12H13ClN2S/c1-9(11-4-2-3-5-12(11)13)15-7-10-6-14-8-16-10/h2-6,8-9,15H,7H2,1H3/t9-/m1/s1. The van der Waals surface area contributed by atoms with Gasteiger partial charge in [-0.1, -0.05) is 29.8 Å². The molecule has 4 heteroatoms. The highest BCUT2D eigenvalue weighted by Crippen LogP contribution is 2.22. The summed E-state index contributed by atoms with van der Waals surface area (Å²) in [5.41, 5.74) is 2.98. The van der Waals surface area contributed by atoms with Crippen LogP contribution in [0.5, 0.6) is 0 Å². The molecule has 0 bridgehead atoms. The van der Waals surface area contributed by atoms with Gasteiger partial charge in [-0.25, -0.2) is 0 Å². The monoisotopic (exact) mass is 252 g/mol. The molecule has 0 saturated heterocycles. The molecular formula is C12H13ClN2S. The van der Waals surface area contributed by atoms with Crippen LogP contribution in [-0.4, -0.2) is 4.98 Å². The lowest BCUT2D eigenvalue weighted by molar-refractivity contribution is 0.578. The van der Waals surface area contributed by atoms with Crippen molar-refractivity contribution in [2.45, 2.75) is 19.5 Å². The van der Waals surface area contributed by atoms with Gasteiger partial charge in [0.2, 0.25) is 0 Å². The molecule has 2 aromatic rings. The molecule has 0 amide bonds. The second-order valence-electron chi connectivity index (χ2n) is 3.59. The summed E-state index contributed by atoms with van der Waals surface area (Å²) in [6.45, 7) is 2.94. The molecule has 0 saturated carbocycles. The number of hydrogen-bond donors (Lipinski definition) is 1. The molecule has 1 heterocycles. The van der Waals surface area contributed by atoms with Gasteiger partial charge in [-0.3, -0.25) is 4.98 Å². The Kier molecular flexibility index (Phi) is 3.93. The third-order valence-electron chi connectivity index (χ3n) is 2.44. The van der Waals surface area contributed by atoms with Gasteiger partial charge in [-0.2, -0.15) is 0 Å². The Morgan fingerprint density at radius 2 is 2.25 bits per heavy atom. The molecule has 0 aliphatic heterocycles. The molecular weight excluding hydrogens is 240 g/mol. The van der Waals surface area contributed by atoms with Crippen LogP contribution in [0.2, 0.25) is 5.02 Å². The molecule has 0 aliphatic rings. The van der Waals surface area contributed by atoms with Crippen molar-refractivity contribution < 1.29 is 0 Å². The Balaban J connectivity index is 1.98. The first-order chi connectivity index (χ1) is 7.77. The predicted molar refractivity (Wildman–Crippen MR) is 68.8 cm³/mol. The van der Waals surface area contributed by atoms with Crippen molar-refractivity contribution in [3.63, 3.8) is 0 Å². The Morgan fingerprint density at radius 3 is 2.94 bits per heavy atom. The Hall–Kier alpha value is -0.900. The summed E-state index contributed by atoms with van der Waals surface area (Å²) in [7, 11) is 0. The molecule has 2 nitrogen and oxygen atoms in total. The van der Waals surface area contributed by atoms with Gasteiger partial charge in [0.1, 0.15) is 0 Å². The van der Waals surface area contributed by atoms with E-state index in [4.69, 9.17) is 11.6 Å². The van der Waals surface area contributed by atoms with Crippen LogP contribution in [0.25, 0.3) is 0 Å². The summed E-state index contributed by atoms with van der Waals surface area (Å²) in [6.07, 6.45) is 1.89. The second kappa shape index (κ2) is 5.43. The van der Waals surface area contributed by atoms with E-state index in [2.05, 4.69) is 17.2 Å². The fourth-order valence-corrected chi connectivity index (χ4v) is 2.36. The van der Waals surface area contributed by atoms with Crippen LogP contribution >= 0.6 is 22.9 Å². The van der Waals surface area contributed by atoms with Crippen LogP contribution in [-0.2, 0) is 6.54 Å². The average molecular weight is 253 g/mol. The van der Waals surface area contributed by atoms with Crippen molar-refractivity contribution in [3.8, 4) is 0 Å². The summed E-state index contributed by atoms with van der Waals surface area (Å²) in [5.74, 6) is 0. The first kappa shape index (κ1) is 11.6. The highest BCUT2D eigenvalue weighted by atomic mass is 35.5. The minimum atomic E-state index is 0.246. The number of halogens is 1. The summed E-state index contributed by atoms with van der Waals surface area (Å²) in [5, 5.41) is 4.24. The highest BCUT2D eigenvalue weighted by Gasteiger charge is 2.08. The Bertz CT molecular complexity index is 442. The Labute approximate surface area is 104 Å². The smallest absolute Gasteiger partial charge is 0.0794 e. The molecule has 0 unspecified atom stereocenters. The largest absolute Gasteiger partial charge is 0.305 e. The zero-order valence-corrected chi connectivity index (χ0v) is 10.6. The number of aromatic nitrogens is 1. The van der Waals surface area contributed by atoms with E-state index >= 15 is 0 Å². The summed E-state index contributed by atoms with van der Waals surface area (Å²) >= 11 is 7.79. The van der Waals surface area contributed by atoms with Gasteiger partial charge in [0.25, 0.3) is 0 Å². The summed E-state index contributed by atoms with van der Waals surface area (Å²) in [6, 6.07) is 8.17. The van der Waals surface area contributed by atoms with E-state index in [0.717, 1.165) is 17.1 Å². The first-order valence-corrected chi connectivity index (χ1v) is 6.38. The van der Waals surface area contributed by atoms with Gasteiger partial charge in [0, 0.05) is 28.7 Å². The molecule has 1 atom stereocenters. The molecule has 0 aliphatic carbocycles. The number of rotatable bonds is 4. The van der Waals surface area contributed by atoms with Crippen molar-refractivity contribution >= 4 is 22.9 Å². The van der Waals surface area contributed by atoms with Crippen molar-refractivity contribution in [2.24, 2.45) is 0 Å². The van der Waals surface area contributed by atoms with Crippen molar-refractivity contribution in [3.05, 3.63) is 51.4 Å². The van der Waals surface area contributed by atoms with Gasteiger partial charge in [0.05, 0.1) is 5.51 Å². The summed E-state index contributed by atoms with van der Waals surface area (Å²) < 4.78 is 0. The van der Waals surface area contributed by atoms with Crippen molar-refractivity contribution in [1.82, 2.24) is 10.3 Å². The molecule has 0 fully saturated rings. The number of nitrogens with one attached hydrogen (secondary N) is 1. The van der Waals surface area contributed by atoms with Crippen LogP contribution in [0.3, 0.4) is 0 Å². The van der Waals surface area contributed by atoms with E-state index in [9.17, 15) is 0 Å². The van der Waals surface area contributed by atoms with Gasteiger partial charge < -0.3 is 5.32 Å². The zero-order valence-electron chi connectivity index (χ0n) is 8.98. The molecule has 1 aromatic carbocycles. The fraction of sp³-hybridized carbons (Fsp3) is 0.250. The van der Waals surface area contributed by atoms with Gasteiger partial charge >= 0.3 is 0 Å². The SMILES string of the molecule is C[C@@H](NCc1cncs1)c1ccccc1Cl. The quantitative estimate of drug-likeness (QED) is 0.899. The average Bonchev–Trinajstić information content (AvgIpc) is 2.79. The maximum absolute atomic E-state index is 6.13. The van der Waals surface area contributed by atoms with E-state index < -0.39 is 0 Å². The van der Waals surface area contributed by atoms with Gasteiger partial charge in [-0.05, 0) is 18.6 Å². The lowest BCUT2D eigenvalue weighted by atomic mass is 10.1. The highest BCUT2D eigenvalue weighted by molar-refractivity contribution is 7.09. The fourth-order valence-electron chi connectivity index (χ4n) is 1.52. The van der Waals surface area contributed by atoms with Crippen LogP contribution in [0.4, 0.5) is 0 Å². The van der Waals surface area contributed by atoms with E-state index in [1.807, 2.05) is 36.0 Å². The molecule has 0 spiro atoms. The predicted octanol–water partition coefficient (Wildman–Crippen LogP) is 3.65. The number of thiazole rings is 1. The zero-order chi connectivity index (χ0) is 11.4. The molecule has 84 valence electrons. The van der Waals surface area contributed by atoms with E-state index in [-0.39, 0.29) is 6.04 Å². The summed E-state index contributed by atoms with van der Waals surface area (Å²) in [4.78, 5) is 5.28. The van der Waals surface area contributed by atoms with E-state index in [0.29, 0.717) is 0 Å². The Morgan fingerprint density at radius 1 is 1.44 bits per heavy atom. The van der Waals surface area contributed by atoms with Crippen molar-refractivity contribution in [2.75, 3.05) is 0 Å². The van der Waals surface area contributed by atoms with Crippen LogP contribution < -0.4 is 5.32 Å². The third-order valence-corrected chi connectivity index (χ3v) is 3.56. The minimum absolute atomic E-state index is 0.246. The normalized spacial score (nSPS) is 12.6. The lowest BCUT2D eigenvalue weighted by Gasteiger charge is -2.14. The maximum Gasteiger partial charge on any atom is 0.0794 e. The second-order valence-corrected chi connectivity index (χ2v) is 4.97. The van der Waals surface area contributed by atoms with Crippen LogP contribution in [0.15, 0.2) is 36.0 Å². The maximum atomic E-state index is 6.13. The molecule has 1 aromatic heterocycles. The number of hydrogen-bond acceptors (Lipinski definition) is 3. The van der Waals surface area contributed by atoms with Crippen LogP contribution in [0, 0.1) is 0 Å². The molecule has 16 heavy (non-hydrogen) atoms. The lowest BCUT2D eigenvalue weighted by Crippen LogP contribution is -2.17. The van der Waals surface area contributed by atoms with Gasteiger partial charge in [0.15, 0.2) is 0 Å². The molecule has 2 rings (SSSR count). The van der Waals surface area contributed by atoms with E-state index in [1.165, 1.54) is 4.88 Å². The molecule has 0 radical (unpaired) electrons. The number of nitrogens with zero attached hydrogens (tertiary/aromatic N) is 1. The van der Waals surface area contributed by atoms with E-state index in [1.54, 1.807) is 11.3 Å². The molecule has 1 N–H and O–H groups in total. The first-order valence-electron chi connectivity index (χ1n) is 5.12.